The fraction of sp³-hybridized carbons (Fsp3) is 0.647. The third-order valence-electron chi connectivity index (χ3n) is 3.59. The first-order valence-electron chi connectivity index (χ1n) is 7.81. The van der Waals surface area contributed by atoms with Crippen molar-refractivity contribution in [2.24, 2.45) is 5.92 Å². The summed E-state index contributed by atoms with van der Waals surface area (Å²) in [6, 6.07) is 6.03. The van der Waals surface area contributed by atoms with Gasteiger partial charge in [0.2, 0.25) is 0 Å². The van der Waals surface area contributed by atoms with Crippen LogP contribution in [0.4, 0.5) is 0 Å². The fourth-order valence-electron chi connectivity index (χ4n) is 2.47. The van der Waals surface area contributed by atoms with Crippen LogP contribution in [0.15, 0.2) is 18.2 Å². The van der Waals surface area contributed by atoms with Crippen molar-refractivity contribution in [1.82, 2.24) is 5.32 Å². The van der Waals surface area contributed by atoms with E-state index in [-0.39, 0.29) is 6.10 Å². The number of hydrogen-bond donors (Lipinski definition) is 1. The zero-order valence-corrected chi connectivity index (χ0v) is 13.4. The van der Waals surface area contributed by atoms with E-state index in [1.54, 1.807) is 7.11 Å². The number of benzene rings is 1. The smallest absolute Gasteiger partial charge is 0.165 e. The highest BCUT2D eigenvalue weighted by Crippen LogP contribution is 2.31. The Balaban J connectivity index is 2.00. The van der Waals surface area contributed by atoms with Crippen LogP contribution < -0.4 is 14.8 Å². The molecule has 2 rings (SSSR count). The summed E-state index contributed by atoms with van der Waals surface area (Å²) in [5.74, 6) is 2.26. The number of para-hydroxylation sites is 1. The second kappa shape index (κ2) is 8.25. The summed E-state index contributed by atoms with van der Waals surface area (Å²) in [6.45, 7) is 7.62. The third kappa shape index (κ3) is 4.90. The van der Waals surface area contributed by atoms with Gasteiger partial charge in [0.25, 0.3) is 0 Å². The van der Waals surface area contributed by atoms with Gasteiger partial charge in [-0.15, -0.1) is 0 Å². The summed E-state index contributed by atoms with van der Waals surface area (Å²) in [4.78, 5) is 0. The summed E-state index contributed by atoms with van der Waals surface area (Å²) in [6.07, 6.45) is 2.42. The number of nitrogens with one attached hydrogen (secondary N) is 1. The molecule has 0 aromatic heterocycles. The molecule has 4 nitrogen and oxygen atoms in total. The zero-order chi connectivity index (χ0) is 15.1. The molecule has 0 amide bonds. The summed E-state index contributed by atoms with van der Waals surface area (Å²) >= 11 is 0. The molecule has 0 saturated carbocycles. The fourth-order valence-corrected chi connectivity index (χ4v) is 2.47. The highest BCUT2D eigenvalue weighted by molar-refractivity contribution is 5.46. The number of rotatable bonds is 8. The predicted octanol–water partition coefficient (Wildman–Crippen LogP) is 3.00. The Morgan fingerprint density at radius 2 is 2.24 bits per heavy atom. The summed E-state index contributed by atoms with van der Waals surface area (Å²) in [5.41, 5.74) is 1.13. The molecule has 0 spiro atoms. The first kappa shape index (κ1) is 16.1. The third-order valence-corrected chi connectivity index (χ3v) is 3.59. The van der Waals surface area contributed by atoms with Gasteiger partial charge in [-0.2, -0.15) is 0 Å². The van der Waals surface area contributed by atoms with Gasteiger partial charge < -0.3 is 19.5 Å². The van der Waals surface area contributed by atoms with E-state index >= 15 is 0 Å². The standard InChI is InChI=1S/C17H27NO3/c1-13(2)10-18-11-14-6-4-8-16(19-3)17(14)21-12-15-7-5-9-20-15/h4,6,8,13,15,18H,5,7,9-12H2,1-3H3. The summed E-state index contributed by atoms with van der Waals surface area (Å²) < 4.78 is 17.1. The van der Waals surface area contributed by atoms with E-state index in [2.05, 4.69) is 25.2 Å². The first-order chi connectivity index (χ1) is 10.2. The molecule has 118 valence electrons. The average Bonchev–Trinajstić information content (AvgIpc) is 2.98. The van der Waals surface area contributed by atoms with Crippen molar-refractivity contribution in [3.63, 3.8) is 0 Å². The van der Waals surface area contributed by atoms with E-state index < -0.39 is 0 Å². The Kier molecular flexibility index (Phi) is 6.33. The van der Waals surface area contributed by atoms with Crippen LogP contribution in [-0.2, 0) is 11.3 Å². The first-order valence-corrected chi connectivity index (χ1v) is 7.81. The van der Waals surface area contributed by atoms with Gasteiger partial charge in [0.1, 0.15) is 6.61 Å². The highest BCUT2D eigenvalue weighted by atomic mass is 16.5. The molecule has 0 bridgehead atoms. The van der Waals surface area contributed by atoms with Crippen LogP contribution >= 0.6 is 0 Å². The maximum Gasteiger partial charge on any atom is 0.165 e. The SMILES string of the molecule is COc1cccc(CNCC(C)C)c1OCC1CCCO1. The molecule has 1 saturated heterocycles. The lowest BCUT2D eigenvalue weighted by atomic mass is 10.1. The molecule has 1 atom stereocenters. The molecular weight excluding hydrogens is 266 g/mol. The van der Waals surface area contributed by atoms with Crippen molar-refractivity contribution < 1.29 is 14.2 Å². The van der Waals surface area contributed by atoms with Gasteiger partial charge in [0, 0.05) is 18.7 Å². The van der Waals surface area contributed by atoms with E-state index in [1.165, 1.54) is 0 Å². The molecule has 1 heterocycles. The van der Waals surface area contributed by atoms with Gasteiger partial charge in [0.05, 0.1) is 13.2 Å². The molecule has 0 aliphatic carbocycles. The number of ether oxygens (including phenoxy) is 3. The second-order valence-electron chi connectivity index (χ2n) is 5.92. The minimum absolute atomic E-state index is 0.214. The van der Waals surface area contributed by atoms with Gasteiger partial charge in [0.15, 0.2) is 11.5 Å². The molecular formula is C17H27NO3. The molecule has 4 heteroatoms. The van der Waals surface area contributed by atoms with Gasteiger partial charge in [-0.1, -0.05) is 26.0 Å². The maximum atomic E-state index is 6.01. The Morgan fingerprint density at radius 3 is 2.90 bits per heavy atom. The van der Waals surface area contributed by atoms with E-state index in [9.17, 15) is 0 Å². The van der Waals surface area contributed by atoms with Crippen LogP contribution in [0.2, 0.25) is 0 Å². The number of hydrogen-bond acceptors (Lipinski definition) is 4. The second-order valence-corrected chi connectivity index (χ2v) is 5.92. The normalized spacial score (nSPS) is 18.2. The van der Waals surface area contributed by atoms with E-state index in [0.717, 1.165) is 49.6 Å². The van der Waals surface area contributed by atoms with Crippen LogP contribution in [0, 0.1) is 5.92 Å². The van der Waals surface area contributed by atoms with E-state index in [1.807, 2.05) is 12.1 Å². The van der Waals surface area contributed by atoms with Crippen LogP contribution in [0.5, 0.6) is 11.5 Å². The molecule has 1 aliphatic rings. The van der Waals surface area contributed by atoms with Crippen molar-refractivity contribution in [2.45, 2.75) is 39.3 Å². The molecule has 1 fully saturated rings. The lowest BCUT2D eigenvalue weighted by molar-refractivity contribution is 0.0666. The van der Waals surface area contributed by atoms with Crippen LogP contribution in [0.25, 0.3) is 0 Å². The highest BCUT2D eigenvalue weighted by Gasteiger charge is 2.18. The van der Waals surface area contributed by atoms with Crippen LogP contribution in [0.1, 0.15) is 32.3 Å². The Labute approximate surface area is 127 Å². The molecule has 1 N–H and O–H groups in total. The van der Waals surface area contributed by atoms with Crippen molar-refractivity contribution >= 4 is 0 Å². The Bertz CT molecular complexity index is 428. The molecule has 21 heavy (non-hydrogen) atoms. The lowest BCUT2D eigenvalue weighted by Gasteiger charge is -2.18. The summed E-state index contributed by atoms with van der Waals surface area (Å²) in [7, 11) is 1.68. The van der Waals surface area contributed by atoms with Crippen LogP contribution in [0.3, 0.4) is 0 Å². The minimum atomic E-state index is 0.214. The van der Waals surface area contributed by atoms with Gasteiger partial charge >= 0.3 is 0 Å². The topological polar surface area (TPSA) is 39.7 Å². The van der Waals surface area contributed by atoms with Crippen molar-refractivity contribution in [1.29, 1.82) is 0 Å². The Hall–Kier alpha value is -1.26. The van der Waals surface area contributed by atoms with Crippen molar-refractivity contribution in [2.75, 3.05) is 26.9 Å². The van der Waals surface area contributed by atoms with Gasteiger partial charge in [-0.25, -0.2) is 0 Å². The molecule has 1 unspecified atom stereocenters. The molecule has 1 aromatic rings. The van der Waals surface area contributed by atoms with Crippen molar-refractivity contribution in [3.8, 4) is 11.5 Å². The summed E-state index contributed by atoms with van der Waals surface area (Å²) in [5, 5.41) is 3.45. The predicted molar refractivity (Wildman–Crippen MR) is 84.0 cm³/mol. The van der Waals surface area contributed by atoms with Crippen molar-refractivity contribution in [3.05, 3.63) is 23.8 Å². The molecule has 1 aliphatic heterocycles. The van der Waals surface area contributed by atoms with E-state index in [0.29, 0.717) is 12.5 Å². The molecule has 0 radical (unpaired) electrons. The molecule has 1 aromatic carbocycles. The minimum Gasteiger partial charge on any atom is -0.493 e. The zero-order valence-electron chi connectivity index (χ0n) is 13.4. The van der Waals surface area contributed by atoms with Gasteiger partial charge in [-0.05, 0) is 31.4 Å². The van der Waals surface area contributed by atoms with Crippen LogP contribution in [-0.4, -0.2) is 33.0 Å². The lowest BCUT2D eigenvalue weighted by Crippen LogP contribution is -2.21. The van der Waals surface area contributed by atoms with Gasteiger partial charge in [-0.3, -0.25) is 0 Å². The maximum absolute atomic E-state index is 6.01. The average molecular weight is 293 g/mol. The quantitative estimate of drug-likeness (QED) is 0.800. The largest absolute Gasteiger partial charge is 0.493 e. The number of methoxy groups -OCH3 is 1. The monoisotopic (exact) mass is 293 g/mol. The Morgan fingerprint density at radius 1 is 1.38 bits per heavy atom. The van der Waals surface area contributed by atoms with E-state index in [4.69, 9.17) is 14.2 Å².